The van der Waals surface area contributed by atoms with E-state index in [-0.39, 0.29) is 55.6 Å². The minimum absolute atomic E-state index is 0.0176. The lowest BCUT2D eigenvalue weighted by atomic mass is 10.0. The highest BCUT2D eigenvalue weighted by molar-refractivity contribution is 7.89. The number of methoxy groups -OCH3 is 1. The zero-order valence-electron chi connectivity index (χ0n) is 24.3. The van der Waals surface area contributed by atoms with Crippen molar-refractivity contribution in [1.29, 1.82) is 0 Å². The van der Waals surface area contributed by atoms with Crippen LogP contribution in [0.1, 0.15) is 31.2 Å². The number of β-amino-alcohol motifs (C(OH)–C–C–N with tert-alkyl or cyclic N) is 1. The summed E-state index contributed by atoms with van der Waals surface area (Å²) in [6.07, 6.45) is 4.23. The number of ether oxygens (including phenoxy) is 5. The number of amides is 1. The van der Waals surface area contributed by atoms with Gasteiger partial charge in [0.2, 0.25) is 10.0 Å². The Labute approximate surface area is 252 Å². The Morgan fingerprint density at radius 2 is 1.98 bits per heavy atom. The first-order valence-corrected chi connectivity index (χ1v) is 16.2. The van der Waals surface area contributed by atoms with Crippen molar-refractivity contribution in [2.45, 2.75) is 61.5 Å². The highest BCUT2D eigenvalue weighted by Crippen LogP contribution is 2.34. The topological polar surface area (TPSA) is 133 Å². The van der Waals surface area contributed by atoms with Crippen molar-refractivity contribution >= 4 is 16.1 Å². The molecule has 3 heterocycles. The molecule has 2 saturated heterocycles. The SMILES string of the molecule is COc1ccc2c(c1)OC/C=C/CCCCN(C[C@@H](O)[C@H](Cc1ccccc1)NC(=O)O[C@H]1CO[C@H]3OCC[C@H]31)S2(=O)=O. The van der Waals surface area contributed by atoms with Crippen LogP contribution < -0.4 is 14.8 Å². The summed E-state index contributed by atoms with van der Waals surface area (Å²) < 4.78 is 57.3. The number of nitrogens with zero attached hydrogens (tertiary/aromatic N) is 1. The lowest BCUT2D eigenvalue weighted by Crippen LogP contribution is -2.51. The summed E-state index contributed by atoms with van der Waals surface area (Å²) in [5.74, 6) is 0.594. The molecule has 0 bridgehead atoms. The molecule has 0 aliphatic carbocycles. The van der Waals surface area contributed by atoms with Crippen molar-refractivity contribution in [3.05, 3.63) is 66.2 Å². The number of nitrogens with one attached hydrogen (secondary N) is 1. The zero-order chi connectivity index (χ0) is 30.2. The summed E-state index contributed by atoms with van der Waals surface area (Å²) >= 11 is 0. The number of aliphatic hydroxyl groups is 1. The summed E-state index contributed by atoms with van der Waals surface area (Å²) in [7, 11) is -2.60. The maximum absolute atomic E-state index is 14.1. The van der Waals surface area contributed by atoms with Crippen LogP contribution >= 0.6 is 0 Å². The third-order valence-electron chi connectivity index (χ3n) is 8.00. The predicted molar refractivity (Wildman–Crippen MR) is 157 cm³/mol. The van der Waals surface area contributed by atoms with Crippen molar-refractivity contribution in [1.82, 2.24) is 9.62 Å². The molecule has 0 spiro atoms. The van der Waals surface area contributed by atoms with Gasteiger partial charge in [-0.15, -0.1) is 0 Å². The Morgan fingerprint density at radius 1 is 1.14 bits per heavy atom. The van der Waals surface area contributed by atoms with E-state index >= 15 is 0 Å². The molecule has 3 aliphatic rings. The molecule has 3 aliphatic heterocycles. The summed E-state index contributed by atoms with van der Waals surface area (Å²) in [6, 6.07) is 13.1. The first kappa shape index (κ1) is 31.3. The lowest BCUT2D eigenvalue weighted by Gasteiger charge is -2.30. The van der Waals surface area contributed by atoms with Gasteiger partial charge in [-0.3, -0.25) is 0 Å². The van der Waals surface area contributed by atoms with Crippen LogP contribution in [0.2, 0.25) is 0 Å². The van der Waals surface area contributed by atoms with Crippen molar-refractivity contribution in [2.24, 2.45) is 5.92 Å². The van der Waals surface area contributed by atoms with Gasteiger partial charge in [0, 0.05) is 19.2 Å². The summed E-state index contributed by atoms with van der Waals surface area (Å²) in [5.41, 5.74) is 0.870. The number of carbonyl (C=O) groups is 1. The van der Waals surface area contributed by atoms with Gasteiger partial charge in [-0.2, -0.15) is 4.31 Å². The number of allylic oxidation sites excluding steroid dienone is 1. The van der Waals surface area contributed by atoms with Crippen molar-refractivity contribution in [3.63, 3.8) is 0 Å². The van der Waals surface area contributed by atoms with E-state index in [1.165, 1.54) is 17.5 Å². The van der Waals surface area contributed by atoms with E-state index in [2.05, 4.69) is 5.32 Å². The maximum Gasteiger partial charge on any atom is 0.407 e. The first-order valence-electron chi connectivity index (χ1n) is 14.7. The standard InChI is InChI=1S/C31H40N2O9S/c1-38-23-12-13-29-27(19-23)39-16-9-4-2-3-8-15-33(43(29,36)37)20-26(34)25(18-22-10-6-5-7-11-22)32-31(35)42-28-21-41-30-24(28)14-17-40-30/h4-7,9-13,19,24-26,28,30,34H,2-3,8,14-18,20-21H2,1H3,(H,32,35)/b9-4+/t24-,25-,26+,28-,30+/m0/s1. The zero-order valence-corrected chi connectivity index (χ0v) is 25.1. The fraction of sp³-hybridized carbons (Fsp3) is 0.516. The molecule has 0 aromatic heterocycles. The van der Waals surface area contributed by atoms with Gasteiger partial charge in [-0.1, -0.05) is 42.5 Å². The van der Waals surface area contributed by atoms with Crippen LogP contribution in [0.4, 0.5) is 4.79 Å². The smallest absolute Gasteiger partial charge is 0.407 e. The van der Waals surface area contributed by atoms with Crippen LogP contribution in [-0.4, -0.2) is 88.5 Å². The predicted octanol–water partition coefficient (Wildman–Crippen LogP) is 3.26. The second kappa shape index (κ2) is 14.5. The molecular weight excluding hydrogens is 576 g/mol. The quantitative estimate of drug-likeness (QED) is 0.429. The van der Waals surface area contributed by atoms with Crippen LogP contribution in [0.5, 0.6) is 11.5 Å². The van der Waals surface area contributed by atoms with Crippen molar-refractivity contribution in [2.75, 3.05) is 40.0 Å². The number of fused-ring (bicyclic) bond motifs is 2. The number of hydrogen-bond acceptors (Lipinski definition) is 9. The Morgan fingerprint density at radius 3 is 2.79 bits per heavy atom. The molecule has 5 atom stereocenters. The summed E-state index contributed by atoms with van der Waals surface area (Å²) in [5, 5.41) is 14.4. The van der Waals surface area contributed by atoms with E-state index < -0.39 is 34.4 Å². The highest BCUT2D eigenvalue weighted by atomic mass is 32.2. The number of carbonyl (C=O) groups excluding carboxylic acids is 1. The molecule has 0 unspecified atom stereocenters. The van der Waals surface area contributed by atoms with E-state index in [1.807, 2.05) is 42.5 Å². The van der Waals surface area contributed by atoms with E-state index in [4.69, 9.17) is 23.7 Å². The molecule has 0 saturated carbocycles. The van der Waals surface area contributed by atoms with Gasteiger partial charge < -0.3 is 34.1 Å². The number of benzene rings is 2. The van der Waals surface area contributed by atoms with Gasteiger partial charge in [-0.05, 0) is 49.8 Å². The van der Waals surface area contributed by atoms with Crippen LogP contribution in [0.25, 0.3) is 0 Å². The van der Waals surface area contributed by atoms with Crippen LogP contribution in [-0.2, 0) is 30.7 Å². The number of aliphatic hydroxyl groups excluding tert-OH is 1. The molecule has 43 heavy (non-hydrogen) atoms. The van der Waals surface area contributed by atoms with E-state index in [1.54, 1.807) is 12.1 Å². The molecule has 11 nitrogen and oxygen atoms in total. The van der Waals surface area contributed by atoms with Gasteiger partial charge >= 0.3 is 6.09 Å². The molecule has 2 N–H and O–H groups in total. The average molecular weight is 617 g/mol. The molecule has 12 heteroatoms. The molecule has 2 fully saturated rings. The normalized spacial score (nSPS) is 26.0. The van der Waals surface area contributed by atoms with Crippen molar-refractivity contribution < 1.29 is 42.0 Å². The summed E-state index contributed by atoms with van der Waals surface area (Å²) in [6.45, 7) is 0.940. The molecule has 5 rings (SSSR count). The number of alkyl carbamates (subject to hydrolysis) is 1. The fourth-order valence-corrected chi connectivity index (χ4v) is 7.23. The third-order valence-corrected chi connectivity index (χ3v) is 9.90. The molecule has 2 aromatic rings. The van der Waals surface area contributed by atoms with Gasteiger partial charge in [0.25, 0.3) is 0 Å². The second-order valence-electron chi connectivity index (χ2n) is 10.9. The minimum atomic E-state index is -4.10. The maximum atomic E-state index is 14.1. The Kier molecular flexibility index (Phi) is 10.6. The Balaban J connectivity index is 1.36. The number of rotatable bonds is 8. The largest absolute Gasteiger partial charge is 0.497 e. The van der Waals surface area contributed by atoms with E-state index in [9.17, 15) is 18.3 Å². The summed E-state index contributed by atoms with van der Waals surface area (Å²) in [4.78, 5) is 13.1. The van der Waals surface area contributed by atoms with E-state index in [0.717, 1.165) is 24.8 Å². The Hall–Kier alpha value is -3.16. The fourth-order valence-electron chi connectivity index (χ4n) is 5.62. The molecule has 234 valence electrons. The van der Waals surface area contributed by atoms with Crippen LogP contribution in [0.3, 0.4) is 0 Å². The number of hydrogen-bond donors (Lipinski definition) is 2. The van der Waals surface area contributed by atoms with Crippen molar-refractivity contribution in [3.8, 4) is 11.5 Å². The van der Waals surface area contributed by atoms with Crippen LogP contribution in [0, 0.1) is 5.92 Å². The van der Waals surface area contributed by atoms with Gasteiger partial charge in [-0.25, -0.2) is 13.2 Å². The van der Waals surface area contributed by atoms with Gasteiger partial charge in [0.05, 0.1) is 38.4 Å². The first-order chi connectivity index (χ1) is 20.8. The molecule has 1 amide bonds. The van der Waals surface area contributed by atoms with Gasteiger partial charge in [0.1, 0.15) is 29.1 Å². The second-order valence-corrected chi connectivity index (χ2v) is 12.8. The molecular formula is C31H40N2O9S. The monoisotopic (exact) mass is 616 g/mol. The Bertz CT molecular complexity index is 1350. The molecule has 2 aromatic carbocycles. The minimum Gasteiger partial charge on any atom is -0.497 e. The van der Waals surface area contributed by atoms with E-state index in [0.29, 0.717) is 18.8 Å². The average Bonchev–Trinajstić information content (AvgIpc) is 3.62. The third kappa shape index (κ3) is 7.87. The molecule has 0 radical (unpaired) electrons. The lowest BCUT2D eigenvalue weighted by molar-refractivity contribution is -0.0907. The van der Waals surface area contributed by atoms with Gasteiger partial charge in [0.15, 0.2) is 6.29 Å². The number of sulfonamides is 1. The highest BCUT2D eigenvalue weighted by Gasteiger charge is 2.44. The van der Waals surface area contributed by atoms with Crippen LogP contribution in [0.15, 0.2) is 65.6 Å².